The Morgan fingerprint density at radius 3 is 2.21 bits per heavy atom. The number of aryl methyl sites for hydroxylation is 4. The third-order valence-corrected chi connectivity index (χ3v) is 5.19. The highest BCUT2D eigenvalue weighted by molar-refractivity contribution is 9.10. The Kier molecular flexibility index (Phi) is 3.68. The molecule has 0 fully saturated rings. The molecule has 2 aromatic carbocycles. The summed E-state index contributed by atoms with van der Waals surface area (Å²) in [6.07, 6.45) is 3.69. The van der Waals surface area contributed by atoms with Gasteiger partial charge in [0.25, 0.3) is 0 Å². The maximum absolute atomic E-state index is 10.1. The van der Waals surface area contributed by atoms with Crippen molar-refractivity contribution in [1.29, 1.82) is 0 Å². The second-order valence-electron chi connectivity index (χ2n) is 5.00. The van der Waals surface area contributed by atoms with E-state index in [0.717, 1.165) is 35.7 Å². The first kappa shape index (κ1) is 13.2. The highest BCUT2D eigenvalue weighted by Crippen LogP contribution is 2.31. The van der Waals surface area contributed by atoms with E-state index in [2.05, 4.69) is 56.1 Å². The molecule has 0 atom stereocenters. The molecule has 0 aromatic heterocycles. The van der Waals surface area contributed by atoms with Gasteiger partial charge in [-0.25, -0.2) is 0 Å². The standard InChI is InChI=1S/C16H14Br2O/c17-14-7-10-1-3-11(14)5-6-13-8-15(18)12(4-2-10)9-16(13)19/h1,3,7-9,19H,2,4-6H2. The molecule has 0 saturated heterocycles. The zero-order chi connectivity index (χ0) is 13.4. The van der Waals surface area contributed by atoms with Gasteiger partial charge in [-0.3, -0.25) is 0 Å². The van der Waals surface area contributed by atoms with Crippen LogP contribution < -0.4 is 0 Å². The van der Waals surface area contributed by atoms with Gasteiger partial charge < -0.3 is 5.11 Å². The lowest BCUT2D eigenvalue weighted by Crippen LogP contribution is -2.00. The Morgan fingerprint density at radius 2 is 1.42 bits per heavy atom. The normalized spacial score (nSPS) is 14.2. The van der Waals surface area contributed by atoms with Crippen LogP contribution in [-0.2, 0) is 25.7 Å². The lowest BCUT2D eigenvalue weighted by molar-refractivity contribution is 0.467. The molecule has 98 valence electrons. The lowest BCUT2D eigenvalue weighted by atomic mass is 9.96. The SMILES string of the molecule is Oc1cc2c(Br)cc1CCc1ccc(cc1Br)CC2. The Morgan fingerprint density at radius 1 is 0.737 bits per heavy atom. The molecule has 0 heterocycles. The van der Waals surface area contributed by atoms with Crippen LogP contribution in [0.1, 0.15) is 22.3 Å². The Labute approximate surface area is 129 Å². The van der Waals surface area contributed by atoms with E-state index in [0.29, 0.717) is 5.75 Å². The largest absolute Gasteiger partial charge is 0.508 e. The predicted molar refractivity (Wildman–Crippen MR) is 84.8 cm³/mol. The van der Waals surface area contributed by atoms with Gasteiger partial charge in [0.2, 0.25) is 0 Å². The molecule has 0 radical (unpaired) electrons. The smallest absolute Gasteiger partial charge is 0.119 e. The third-order valence-electron chi connectivity index (χ3n) is 3.71. The average Bonchev–Trinajstić information content (AvgIpc) is 2.37. The van der Waals surface area contributed by atoms with Crippen LogP contribution in [0, 0.1) is 0 Å². The zero-order valence-corrected chi connectivity index (χ0v) is 13.6. The summed E-state index contributed by atoms with van der Waals surface area (Å²) in [5.41, 5.74) is 4.80. The molecule has 4 aliphatic carbocycles. The summed E-state index contributed by atoms with van der Waals surface area (Å²) in [6.45, 7) is 0. The Balaban J connectivity index is 2.07. The first-order valence-electron chi connectivity index (χ1n) is 6.41. The van der Waals surface area contributed by atoms with E-state index in [1.807, 2.05) is 6.07 Å². The maximum atomic E-state index is 10.1. The maximum Gasteiger partial charge on any atom is 0.119 e. The minimum atomic E-state index is 0.421. The van der Waals surface area contributed by atoms with Crippen LogP contribution in [0.15, 0.2) is 39.3 Å². The third kappa shape index (κ3) is 2.72. The average molecular weight is 382 g/mol. The van der Waals surface area contributed by atoms with Crippen molar-refractivity contribution in [2.45, 2.75) is 25.7 Å². The van der Waals surface area contributed by atoms with Gasteiger partial charge >= 0.3 is 0 Å². The van der Waals surface area contributed by atoms with Crippen LogP contribution in [0.4, 0.5) is 0 Å². The van der Waals surface area contributed by atoms with Gasteiger partial charge in [-0.1, -0.05) is 44.0 Å². The summed E-state index contributed by atoms with van der Waals surface area (Å²) in [4.78, 5) is 0. The van der Waals surface area contributed by atoms with Crippen molar-refractivity contribution < 1.29 is 5.11 Å². The van der Waals surface area contributed by atoms with Gasteiger partial charge in [-0.05, 0) is 66.1 Å². The molecular formula is C16H14Br2O. The highest BCUT2D eigenvalue weighted by atomic mass is 79.9. The minimum absolute atomic E-state index is 0.421. The Bertz CT molecular complexity index is 635. The second-order valence-corrected chi connectivity index (χ2v) is 6.71. The van der Waals surface area contributed by atoms with Crippen molar-refractivity contribution in [3.8, 4) is 5.75 Å². The van der Waals surface area contributed by atoms with Crippen LogP contribution in [0.2, 0.25) is 0 Å². The van der Waals surface area contributed by atoms with Crippen molar-refractivity contribution in [2.75, 3.05) is 0 Å². The van der Waals surface area contributed by atoms with Crippen LogP contribution in [0.3, 0.4) is 0 Å². The summed E-state index contributed by atoms with van der Waals surface area (Å²) < 4.78 is 2.29. The molecule has 0 unspecified atom stereocenters. The summed E-state index contributed by atoms with van der Waals surface area (Å²) in [6, 6.07) is 10.6. The van der Waals surface area contributed by atoms with Crippen molar-refractivity contribution >= 4 is 31.9 Å². The zero-order valence-electron chi connectivity index (χ0n) is 10.4. The van der Waals surface area contributed by atoms with Gasteiger partial charge in [0, 0.05) is 8.95 Å². The van der Waals surface area contributed by atoms with E-state index in [1.165, 1.54) is 21.2 Å². The van der Waals surface area contributed by atoms with E-state index >= 15 is 0 Å². The molecule has 0 spiro atoms. The van der Waals surface area contributed by atoms with Gasteiger partial charge in [-0.2, -0.15) is 0 Å². The van der Waals surface area contributed by atoms with Gasteiger partial charge in [0.15, 0.2) is 0 Å². The van der Waals surface area contributed by atoms with E-state index in [9.17, 15) is 5.11 Å². The van der Waals surface area contributed by atoms with Gasteiger partial charge in [-0.15, -0.1) is 0 Å². The van der Waals surface area contributed by atoms with Crippen LogP contribution in [0.25, 0.3) is 0 Å². The first-order chi connectivity index (χ1) is 9.13. The number of halogens is 2. The van der Waals surface area contributed by atoms with Crippen LogP contribution in [-0.4, -0.2) is 5.11 Å². The van der Waals surface area contributed by atoms with Gasteiger partial charge in [0.05, 0.1) is 0 Å². The first-order valence-corrected chi connectivity index (χ1v) is 7.99. The molecule has 3 heteroatoms. The van der Waals surface area contributed by atoms with Crippen molar-refractivity contribution in [3.63, 3.8) is 0 Å². The quantitative estimate of drug-likeness (QED) is 0.694. The number of phenolic OH excluding ortho intramolecular Hbond substituents is 1. The molecule has 1 N–H and O–H groups in total. The topological polar surface area (TPSA) is 20.2 Å². The molecule has 0 amide bonds. The number of benzene rings is 2. The molecule has 4 aliphatic rings. The molecule has 1 nitrogen and oxygen atoms in total. The molecule has 2 aromatic rings. The second kappa shape index (κ2) is 5.29. The fourth-order valence-electron chi connectivity index (χ4n) is 2.54. The molecule has 0 aliphatic heterocycles. The van der Waals surface area contributed by atoms with Crippen molar-refractivity contribution in [2.24, 2.45) is 0 Å². The number of rotatable bonds is 0. The van der Waals surface area contributed by atoms with E-state index < -0.39 is 0 Å². The van der Waals surface area contributed by atoms with E-state index in [1.54, 1.807) is 0 Å². The van der Waals surface area contributed by atoms with E-state index in [-0.39, 0.29) is 0 Å². The van der Waals surface area contributed by atoms with Crippen molar-refractivity contribution in [3.05, 3.63) is 61.5 Å². The van der Waals surface area contributed by atoms with Crippen molar-refractivity contribution in [1.82, 2.24) is 0 Å². The monoisotopic (exact) mass is 380 g/mol. The van der Waals surface area contributed by atoms with Gasteiger partial charge in [0.1, 0.15) is 5.75 Å². The molecule has 4 bridgehead atoms. The summed E-state index contributed by atoms with van der Waals surface area (Å²) in [5, 5.41) is 10.1. The number of hydrogen-bond acceptors (Lipinski definition) is 1. The lowest BCUT2D eigenvalue weighted by Gasteiger charge is -2.14. The predicted octanol–water partition coefficient (Wildman–Crippen LogP) is 4.80. The molecular weight excluding hydrogens is 368 g/mol. The van der Waals surface area contributed by atoms with Crippen LogP contribution >= 0.6 is 31.9 Å². The summed E-state index contributed by atoms with van der Waals surface area (Å²) >= 11 is 7.27. The minimum Gasteiger partial charge on any atom is -0.508 e. The number of hydrogen-bond donors (Lipinski definition) is 1. The summed E-state index contributed by atoms with van der Waals surface area (Å²) in [7, 11) is 0. The number of phenols is 1. The highest BCUT2D eigenvalue weighted by Gasteiger charge is 2.11. The van der Waals surface area contributed by atoms with Crippen LogP contribution in [0.5, 0.6) is 5.75 Å². The molecule has 6 rings (SSSR count). The summed E-state index contributed by atoms with van der Waals surface area (Å²) in [5.74, 6) is 0.421. The number of aromatic hydroxyl groups is 1. The molecule has 0 saturated carbocycles. The Hall–Kier alpha value is -0.800. The fourth-order valence-corrected chi connectivity index (χ4v) is 3.75. The van der Waals surface area contributed by atoms with E-state index in [4.69, 9.17) is 0 Å². The molecule has 19 heavy (non-hydrogen) atoms. The fraction of sp³-hybridized carbons (Fsp3) is 0.250.